The number of amides is 1. The summed E-state index contributed by atoms with van der Waals surface area (Å²) in [5.41, 5.74) is -0.152. The Morgan fingerprint density at radius 1 is 1.10 bits per heavy atom. The molecule has 20 heavy (non-hydrogen) atoms. The number of hydrogen-bond donors (Lipinski definition) is 2. The van der Waals surface area contributed by atoms with Crippen LogP contribution in [-0.4, -0.2) is 66.2 Å². The van der Waals surface area contributed by atoms with Crippen LogP contribution in [0.1, 0.15) is 10.4 Å². The van der Waals surface area contributed by atoms with Crippen LogP contribution in [0.15, 0.2) is 18.2 Å². The summed E-state index contributed by atoms with van der Waals surface area (Å²) in [4.78, 5) is 13.6. The smallest absolute Gasteiger partial charge is 0.261 e. The van der Waals surface area contributed by atoms with Crippen molar-refractivity contribution >= 4 is 15.9 Å². The van der Waals surface area contributed by atoms with Crippen LogP contribution in [0.25, 0.3) is 0 Å². The van der Waals surface area contributed by atoms with Crippen molar-refractivity contribution in [2.24, 2.45) is 0 Å². The number of aromatic hydroxyl groups is 2. The maximum atomic E-state index is 12.2. The Bertz CT molecular complexity index is 600. The minimum atomic E-state index is -3.26. The maximum absolute atomic E-state index is 12.2. The second-order valence-electron chi connectivity index (χ2n) is 4.63. The standard InChI is InChI=1S/C12H16N2O5S/c1-20(18,19)14-7-5-13(6-8-14)12(17)11-9(15)3-2-4-10(11)16/h2-4,15-16H,5-8H2,1H3. The zero-order chi connectivity index (χ0) is 14.9. The number of sulfonamides is 1. The fourth-order valence-electron chi connectivity index (χ4n) is 2.13. The number of piperazine rings is 1. The van der Waals surface area contributed by atoms with Gasteiger partial charge in [-0.3, -0.25) is 4.79 Å². The number of benzene rings is 1. The molecule has 0 atom stereocenters. The van der Waals surface area contributed by atoms with Gasteiger partial charge >= 0.3 is 0 Å². The second kappa shape index (κ2) is 5.29. The van der Waals surface area contributed by atoms with E-state index in [4.69, 9.17) is 0 Å². The number of phenolic OH excluding ortho intramolecular Hbond substituents is 2. The number of carbonyl (C=O) groups excluding carboxylic acids is 1. The molecule has 1 aromatic carbocycles. The fraction of sp³-hybridized carbons (Fsp3) is 0.417. The zero-order valence-electron chi connectivity index (χ0n) is 11.0. The van der Waals surface area contributed by atoms with Crippen molar-refractivity contribution in [3.05, 3.63) is 23.8 Å². The molecule has 0 spiro atoms. The predicted molar refractivity (Wildman–Crippen MR) is 72.1 cm³/mol. The Hall–Kier alpha value is -1.80. The summed E-state index contributed by atoms with van der Waals surface area (Å²) in [7, 11) is -3.26. The Labute approximate surface area is 117 Å². The van der Waals surface area contributed by atoms with Crippen molar-refractivity contribution in [3.63, 3.8) is 0 Å². The minimum Gasteiger partial charge on any atom is -0.507 e. The van der Waals surface area contributed by atoms with Gasteiger partial charge in [-0.1, -0.05) is 6.07 Å². The molecule has 1 fully saturated rings. The molecule has 2 N–H and O–H groups in total. The molecule has 0 radical (unpaired) electrons. The van der Waals surface area contributed by atoms with E-state index in [-0.39, 0.29) is 43.2 Å². The average molecular weight is 300 g/mol. The first-order valence-corrected chi connectivity index (χ1v) is 7.91. The highest BCUT2D eigenvalue weighted by Gasteiger charge is 2.28. The quantitative estimate of drug-likeness (QED) is 0.789. The molecular formula is C12H16N2O5S. The summed E-state index contributed by atoms with van der Waals surface area (Å²) in [6.07, 6.45) is 1.12. The Balaban J connectivity index is 2.13. The maximum Gasteiger partial charge on any atom is 0.261 e. The van der Waals surface area contributed by atoms with Gasteiger partial charge in [-0.05, 0) is 12.1 Å². The van der Waals surface area contributed by atoms with E-state index in [0.29, 0.717) is 0 Å². The lowest BCUT2D eigenvalue weighted by atomic mass is 10.1. The molecule has 0 aromatic heterocycles. The highest BCUT2D eigenvalue weighted by atomic mass is 32.2. The molecule has 1 aliphatic rings. The van der Waals surface area contributed by atoms with E-state index in [1.165, 1.54) is 27.4 Å². The van der Waals surface area contributed by atoms with Crippen LogP contribution in [0, 0.1) is 0 Å². The summed E-state index contributed by atoms with van der Waals surface area (Å²) in [5.74, 6) is -1.09. The van der Waals surface area contributed by atoms with Crippen molar-refractivity contribution in [3.8, 4) is 11.5 Å². The molecule has 1 saturated heterocycles. The van der Waals surface area contributed by atoms with Crippen LogP contribution in [0.5, 0.6) is 11.5 Å². The number of hydrogen-bond acceptors (Lipinski definition) is 5. The normalized spacial score (nSPS) is 17.1. The van der Waals surface area contributed by atoms with Gasteiger partial charge in [0.1, 0.15) is 17.1 Å². The first kappa shape index (κ1) is 14.6. The average Bonchev–Trinajstić information content (AvgIpc) is 2.37. The number of carbonyl (C=O) groups is 1. The van der Waals surface area contributed by atoms with Crippen LogP contribution in [-0.2, 0) is 10.0 Å². The highest BCUT2D eigenvalue weighted by Crippen LogP contribution is 2.28. The molecule has 2 rings (SSSR count). The Morgan fingerprint density at radius 2 is 1.60 bits per heavy atom. The van der Waals surface area contributed by atoms with Crippen molar-refractivity contribution in [2.75, 3.05) is 32.4 Å². The van der Waals surface area contributed by atoms with E-state index in [9.17, 15) is 23.4 Å². The van der Waals surface area contributed by atoms with E-state index in [0.717, 1.165) is 6.26 Å². The van der Waals surface area contributed by atoms with Gasteiger partial charge in [0.2, 0.25) is 10.0 Å². The predicted octanol–water partition coefficient (Wildman–Crippen LogP) is -0.185. The SMILES string of the molecule is CS(=O)(=O)N1CCN(C(=O)c2c(O)cccc2O)CC1. The third-order valence-electron chi connectivity index (χ3n) is 3.23. The molecule has 1 heterocycles. The molecule has 0 bridgehead atoms. The first-order chi connectivity index (χ1) is 9.30. The van der Waals surface area contributed by atoms with Gasteiger partial charge in [0.15, 0.2) is 0 Å². The molecule has 110 valence electrons. The van der Waals surface area contributed by atoms with E-state index >= 15 is 0 Å². The number of rotatable bonds is 2. The van der Waals surface area contributed by atoms with E-state index in [1.54, 1.807) is 0 Å². The van der Waals surface area contributed by atoms with Crippen LogP contribution in [0.2, 0.25) is 0 Å². The van der Waals surface area contributed by atoms with Gasteiger partial charge in [0.25, 0.3) is 5.91 Å². The molecule has 0 aliphatic carbocycles. The van der Waals surface area contributed by atoms with E-state index in [1.807, 2.05) is 0 Å². The van der Waals surface area contributed by atoms with Crippen LogP contribution in [0.4, 0.5) is 0 Å². The van der Waals surface area contributed by atoms with Gasteiger partial charge < -0.3 is 15.1 Å². The van der Waals surface area contributed by atoms with Crippen LogP contribution >= 0.6 is 0 Å². The molecular weight excluding hydrogens is 284 g/mol. The Kier molecular flexibility index (Phi) is 3.87. The summed E-state index contributed by atoms with van der Waals surface area (Å²) in [6.45, 7) is 0.858. The van der Waals surface area contributed by atoms with E-state index < -0.39 is 15.9 Å². The Morgan fingerprint density at radius 3 is 2.05 bits per heavy atom. The van der Waals surface area contributed by atoms with Gasteiger partial charge in [-0.25, -0.2) is 8.42 Å². The summed E-state index contributed by atoms with van der Waals surface area (Å²) < 4.78 is 24.1. The molecule has 0 unspecified atom stereocenters. The van der Waals surface area contributed by atoms with Crippen molar-refractivity contribution in [1.82, 2.24) is 9.21 Å². The van der Waals surface area contributed by atoms with Gasteiger partial charge in [0.05, 0.1) is 6.26 Å². The van der Waals surface area contributed by atoms with E-state index in [2.05, 4.69) is 0 Å². The van der Waals surface area contributed by atoms with Gasteiger partial charge in [-0.2, -0.15) is 4.31 Å². The third-order valence-corrected chi connectivity index (χ3v) is 4.53. The summed E-state index contributed by atoms with van der Waals surface area (Å²) >= 11 is 0. The van der Waals surface area contributed by atoms with Crippen LogP contribution < -0.4 is 0 Å². The lowest BCUT2D eigenvalue weighted by molar-refractivity contribution is 0.0692. The minimum absolute atomic E-state index is 0.152. The summed E-state index contributed by atoms with van der Waals surface area (Å²) in [5, 5.41) is 19.3. The van der Waals surface area contributed by atoms with Crippen molar-refractivity contribution in [2.45, 2.75) is 0 Å². The topological polar surface area (TPSA) is 98.2 Å². The monoisotopic (exact) mass is 300 g/mol. The van der Waals surface area contributed by atoms with Crippen molar-refractivity contribution in [1.29, 1.82) is 0 Å². The number of phenols is 2. The first-order valence-electron chi connectivity index (χ1n) is 6.06. The number of nitrogens with zero attached hydrogens (tertiary/aromatic N) is 2. The summed E-state index contributed by atoms with van der Waals surface area (Å²) in [6, 6.07) is 4.07. The van der Waals surface area contributed by atoms with Gasteiger partial charge in [0, 0.05) is 26.2 Å². The lowest BCUT2D eigenvalue weighted by Gasteiger charge is -2.33. The zero-order valence-corrected chi connectivity index (χ0v) is 11.8. The fourth-order valence-corrected chi connectivity index (χ4v) is 2.95. The second-order valence-corrected chi connectivity index (χ2v) is 6.61. The largest absolute Gasteiger partial charge is 0.507 e. The van der Waals surface area contributed by atoms with Crippen LogP contribution in [0.3, 0.4) is 0 Å². The molecule has 0 saturated carbocycles. The third kappa shape index (κ3) is 2.86. The molecule has 8 heteroatoms. The van der Waals surface area contributed by atoms with Crippen molar-refractivity contribution < 1.29 is 23.4 Å². The molecule has 1 aromatic rings. The highest BCUT2D eigenvalue weighted by molar-refractivity contribution is 7.88. The molecule has 1 amide bonds. The molecule has 1 aliphatic heterocycles. The molecule has 7 nitrogen and oxygen atoms in total. The van der Waals surface area contributed by atoms with Gasteiger partial charge in [-0.15, -0.1) is 0 Å². The lowest BCUT2D eigenvalue weighted by Crippen LogP contribution is -2.50.